The van der Waals surface area contributed by atoms with E-state index < -0.39 is 0 Å². The molecule has 0 bridgehead atoms. The molecule has 5 nitrogen and oxygen atoms in total. The molecule has 132 valence electrons. The zero-order chi connectivity index (χ0) is 16.9. The van der Waals surface area contributed by atoms with Crippen LogP contribution < -0.4 is 16.2 Å². The second-order valence-corrected chi connectivity index (χ2v) is 7.36. The number of amides is 1. The smallest absolute Gasteiger partial charge is 0.238 e. The molecule has 2 saturated heterocycles. The number of likely N-dealkylation sites (tertiary alicyclic amines) is 1. The zero-order valence-electron chi connectivity index (χ0n) is 14.8. The molecule has 2 fully saturated rings. The largest absolute Gasteiger partial charge is 0.353 e. The van der Waals surface area contributed by atoms with Crippen molar-refractivity contribution in [1.29, 1.82) is 0 Å². The lowest BCUT2D eigenvalue weighted by Gasteiger charge is -2.30. The maximum absolute atomic E-state index is 12.3. The van der Waals surface area contributed by atoms with Crippen molar-refractivity contribution < 1.29 is 4.79 Å². The Morgan fingerprint density at radius 1 is 1.21 bits per heavy atom. The molecule has 0 radical (unpaired) electrons. The lowest BCUT2D eigenvalue weighted by Crippen LogP contribution is -2.46. The normalized spacial score (nSPS) is 25.8. The number of benzene rings is 1. The number of hydrazine groups is 1. The SMILES string of the molecule is Cc1ccc(C2CC(C(=O)NCCN3CCC(C)CC3)NN2)cc1. The molecule has 0 aromatic heterocycles. The number of aryl methyl sites for hydroxylation is 1. The highest BCUT2D eigenvalue weighted by atomic mass is 16.2. The minimum Gasteiger partial charge on any atom is -0.353 e. The van der Waals surface area contributed by atoms with Crippen LogP contribution in [0.25, 0.3) is 0 Å². The van der Waals surface area contributed by atoms with Crippen LogP contribution in [0.4, 0.5) is 0 Å². The van der Waals surface area contributed by atoms with Crippen LogP contribution in [0.3, 0.4) is 0 Å². The zero-order valence-corrected chi connectivity index (χ0v) is 14.8. The number of hydrogen-bond acceptors (Lipinski definition) is 4. The van der Waals surface area contributed by atoms with Gasteiger partial charge in [-0.2, -0.15) is 0 Å². The summed E-state index contributed by atoms with van der Waals surface area (Å²) in [6.45, 7) is 8.43. The first kappa shape index (κ1) is 17.4. The van der Waals surface area contributed by atoms with E-state index in [2.05, 4.69) is 59.2 Å². The third-order valence-electron chi connectivity index (χ3n) is 5.30. The van der Waals surface area contributed by atoms with Crippen molar-refractivity contribution in [2.24, 2.45) is 5.92 Å². The summed E-state index contributed by atoms with van der Waals surface area (Å²) in [6, 6.07) is 8.54. The van der Waals surface area contributed by atoms with E-state index >= 15 is 0 Å². The molecular weight excluding hydrogens is 300 g/mol. The first-order valence-corrected chi connectivity index (χ1v) is 9.19. The quantitative estimate of drug-likeness (QED) is 0.770. The third kappa shape index (κ3) is 4.56. The summed E-state index contributed by atoms with van der Waals surface area (Å²) in [7, 11) is 0. The Bertz CT molecular complexity index is 537. The molecule has 2 atom stereocenters. The van der Waals surface area contributed by atoms with Crippen LogP contribution in [-0.4, -0.2) is 43.0 Å². The first-order chi connectivity index (χ1) is 11.6. The molecule has 3 N–H and O–H groups in total. The van der Waals surface area contributed by atoms with E-state index in [1.54, 1.807) is 0 Å². The van der Waals surface area contributed by atoms with Gasteiger partial charge in [0, 0.05) is 19.1 Å². The van der Waals surface area contributed by atoms with Crippen LogP contribution in [0, 0.1) is 12.8 Å². The van der Waals surface area contributed by atoms with Crippen molar-refractivity contribution >= 4 is 5.91 Å². The maximum atomic E-state index is 12.3. The summed E-state index contributed by atoms with van der Waals surface area (Å²) >= 11 is 0. The van der Waals surface area contributed by atoms with Gasteiger partial charge < -0.3 is 10.2 Å². The number of carbonyl (C=O) groups is 1. The second kappa shape index (κ2) is 8.10. The number of rotatable bonds is 5. The average molecular weight is 330 g/mol. The standard InChI is InChI=1S/C19H30N4O/c1-14-3-5-16(6-4-14)17-13-18(22-21-17)19(24)20-9-12-23-10-7-15(2)8-11-23/h3-6,15,17-18,21-22H,7-13H2,1-2H3,(H,20,24). The van der Waals surface area contributed by atoms with Gasteiger partial charge in [-0.25, -0.2) is 10.9 Å². The van der Waals surface area contributed by atoms with Gasteiger partial charge in [0.25, 0.3) is 0 Å². The Balaban J connectivity index is 1.39. The van der Waals surface area contributed by atoms with Crippen LogP contribution in [0.2, 0.25) is 0 Å². The van der Waals surface area contributed by atoms with Gasteiger partial charge in [0.05, 0.1) is 0 Å². The predicted molar refractivity (Wildman–Crippen MR) is 96.4 cm³/mol. The van der Waals surface area contributed by atoms with Crippen LogP contribution in [0.1, 0.15) is 43.4 Å². The molecule has 2 heterocycles. The number of nitrogens with one attached hydrogen (secondary N) is 3. The molecule has 2 aliphatic heterocycles. The summed E-state index contributed by atoms with van der Waals surface area (Å²) in [5, 5.41) is 3.08. The van der Waals surface area contributed by atoms with Gasteiger partial charge in [-0.3, -0.25) is 4.79 Å². The minimum atomic E-state index is -0.155. The van der Waals surface area contributed by atoms with Crippen LogP contribution in [0.5, 0.6) is 0 Å². The molecule has 1 aromatic carbocycles. The molecule has 0 spiro atoms. The second-order valence-electron chi connectivity index (χ2n) is 7.36. The Labute approximate surface area is 145 Å². The summed E-state index contributed by atoms with van der Waals surface area (Å²) in [4.78, 5) is 14.8. The summed E-state index contributed by atoms with van der Waals surface area (Å²) < 4.78 is 0. The van der Waals surface area contributed by atoms with Gasteiger partial charge in [-0.15, -0.1) is 0 Å². The van der Waals surface area contributed by atoms with Gasteiger partial charge in [0.1, 0.15) is 6.04 Å². The summed E-state index contributed by atoms with van der Waals surface area (Å²) in [5.74, 6) is 0.950. The number of nitrogens with zero attached hydrogens (tertiary/aromatic N) is 1. The number of carbonyl (C=O) groups excluding carboxylic acids is 1. The van der Waals surface area contributed by atoms with E-state index in [9.17, 15) is 4.79 Å². The van der Waals surface area contributed by atoms with E-state index in [4.69, 9.17) is 0 Å². The van der Waals surface area contributed by atoms with E-state index in [0.717, 1.165) is 38.5 Å². The highest BCUT2D eigenvalue weighted by Crippen LogP contribution is 2.22. The van der Waals surface area contributed by atoms with Crippen molar-refractivity contribution in [1.82, 2.24) is 21.1 Å². The van der Waals surface area contributed by atoms with Crippen molar-refractivity contribution in [3.8, 4) is 0 Å². The van der Waals surface area contributed by atoms with Gasteiger partial charge in [0.2, 0.25) is 5.91 Å². The Hall–Kier alpha value is -1.43. The Morgan fingerprint density at radius 2 is 1.92 bits per heavy atom. The highest BCUT2D eigenvalue weighted by molar-refractivity contribution is 5.82. The number of piperidine rings is 1. The molecule has 3 rings (SSSR count). The molecule has 1 amide bonds. The lowest BCUT2D eigenvalue weighted by atomic mass is 9.99. The topological polar surface area (TPSA) is 56.4 Å². The summed E-state index contributed by atoms with van der Waals surface area (Å²) in [6.07, 6.45) is 3.34. The minimum absolute atomic E-state index is 0.0995. The first-order valence-electron chi connectivity index (χ1n) is 9.19. The average Bonchev–Trinajstić information content (AvgIpc) is 3.07. The fourth-order valence-electron chi connectivity index (χ4n) is 3.49. The molecule has 2 unspecified atom stereocenters. The molecule has 24 heavy (non-hydrogen) atoms. The number of hydrogen-bond donors (Lipinski definition) is 3. The molecule has 0 saturated carbocycles. The molecule has 2 aliphatic rings. The molecule has 5 heteroatoms. The van der Waals surface area contributed by atoms with Crippen molar-refractivity contribution in [3.05, 3.63) is 35.4 Å². The van der Waals surface area contributed by atoms with E-state index in [1.807, 2.05) is 0 Å². The van der Waals surface area contributed by atoms with Gasteiger partial charge in [-0.05, 0) is 50.8 Å². The summed E-state index contributed by atoms with van der Waals surface area (Å²) in [5.41, 5.74) is 8.87. The Kier molecular flexibility index (Phi) is 5.87. The van der Waals surface area contributed by atoms with Crippen LogP contribution >= 0.6 is 0 Å². The van der Waals surface area contributed by atoms with E-state index in [-0.39, 0.29) is 18.0 Å². The lowest BCUT2D eigenvalue weighted by molar-refractivity contribution is -0.122. The van der Waals surface area contributed by atoms with Gasteiger partial charge in [-0.1, -0.05) is 36.8 Å². The Morgan fingerprint density at radius 3 is 2.62 bits per heavy atom. The van der Waals surface area contributed by atoms with Crippen molar-refractivity contribution in [2.45, 2.75) is 45.2 Å². The van der Waals surface area contributed by atoms with Gasteiger partial charge >= 0.3 is 0 Å². The van der Waals surface area contributed by atoms with Crippen molar-refractivity contribution in [3.63, 3.8) is 0 Å². The monoisotopic (exact) mass is 330 g/mol. The highest BCUT2D eigenvalue weighted by Gasteiger charge is 2.29. The third-order valence-corrected chi connectivity index (χ3v) is 5.30. The maximum Gasteiger partial charge on any atom is 0.238 e. The fraction of sp³-hybridized carbons (Fsp3) is 0.632. The van der Waals surface area contributed by atoms with Crippen LogP contribution in [-0.2, 0) is 4.79 Å². The molecule has 1 aromatic rings. The van der Waals surface area contributed by atoms with Gasteiger partial charge in [0.15, 0.2) is 0 Å². The van der Waals surface area contributed by atoms with E-state index in [0.29, 0.717) is 0 Å². The van der Waals surface area contributed by atoms with Crippen molar-refractivity contribution in [2.75, 3.05) is 26.2 Å². The van der Waals surface area contributed by atoms with E-state index in [1.165, 1.54) is 24.0 Å². The van der Waals surface area contributed by atoms with Crippen LogP contribution in [0.15, 0.2) is 24.3 Å². The molecule has 0 aliphatic carbocycles. The predicted octanol–water partition coefficient (Wildman–Crippen LogP) is 1.75. The fourth-order valence-corrected chi connectivity index (χ4v) is 3.49. The molecular formula is C19H30N4O.